The van der Waals surface area contributed by atoms with E-state index in [0.717, 1.165) is 12.8 Å². The molecule has 0 heterocycles. The second kappa shape index (κ2) is 15.4. The van der Waals surface area contributed by atoms with Crippen LogP contribution in [0.3, 0.4) is 0 Å². The predicted octanol–water partition coefficient (Wildman–Crippen LogP) is 6.95. The van der Waals surface area contributed by atoms with Gasteiger partial charge in [-0.1, -0.05) is 75.5 Å². The lowest BCUT2D eigenvalue weighted by Crippen LogP contribution is -2.28. The van der Waals surface area contributed by atoms with Gasteiger partial charge in [-0.15, -0.1) is 0 Å². The van der Waals surface area contributed by atoms with Crippen LogP contribution in [0.25, 0.3) is 0 Å². The van der Waals surface area contributed by atoms with Crippen LogP contribution in [-0.4, -0.2) is 14.3 Å². The molecule has 0 aromatic rings. The van der Waals surface area contributed by atoms with Gasteiger partial charge in [-0.2, -0.15) is 0 Å². The lowest BCUT2D eigenvalue weighted by Gasteiger charge is -2.16. The first kappa shape index (κ1) is 22.9. The van der Waals surface area contributed by atoms with Gasteiger partial charge in [0, 0.05) is 0 Å². The van der Waals surface area contributed by atoms with Crippen molar-refractivity contribution in [2.45, 2.75) is 90.8 Å². The van der Waals surface area contributed by atoms with Crippen LogP contribution >= 0.6 is 0 Å². The van der Waals surface area contributed by atoms with E-state index >= 15 is 0 Å². The second-order valence-corrected chi connectivity index (χ2v) is 11.7. The highest BCUT2D eigenvalue weighted by molar-refractivity contribution is 6.71. The van der Waals surface area contributed by atoms with Crippen LogP contribution < -0.4 is 0 Å². The van der Waals surface area contributed by atoms with Gasteiger partial charge in [0.15, 0.2) is 0 Å². The zero-order valence-electron chi connectivity index (χ0n) is 16.4. The highest BCUT2D eigenvalue weighted by atomic mass is 28.4. The zero-order valence-corrected chi connectivity index (χ0v) is 17.4. The van der Waals surface area contributed by atoms with E-state index in [1.165, 1.54) is 44.9 Å². The van der Waals surface area contributed by atoms with E-state index in [-0.39, 0.29) is 5.97 Å². The average molecular weight is 351 g/mol. The molecule has 0 bridgehead atoms. The van der Waals surface area contributed by atoms with Crippen molar-refractivity contribution in [1.82, 2.24) is 0 Å². The molecule has 24 heavy (non-hydrogen) atoms. The van der Waals surface area contributed by atoms with E-state index in [2.05, 4.69) is 31.2 Å². The van der Waals surface area contributed by atoms with Crippen molar-refractivity contribution in [3.63, 3.8) is 0 Å². The molecule has 0 spiro atoms. The van der Waals surface area contributed by atoms with E-state index in [4.69, 9.17) is 4.43 Å². The van der Waals surface area contributed by atoms with Gasteiger partial charge >= 0.3 is 0 Å². The molecule has 0 amide bonds. The summed E-state index contributed by atoms with van der Waals surface area (Å²) in [6, 6.07) is 0. The monoisotopic (exact) mass is 350 g/mol. The fraction of sp³-hybridized carbons (Fsp3) is 0.667. The summed E-state index contributed by atoms with van der Waals surface area (Å²) in [5.74, 6) is -0.105. The van der Waals surface area contributed by atoms with Crippen LogP contribution in [0.5, 0.6) is 0 Å². The highest BCUT2D eigenvalue weighted by Gasteiger charge is 2.18. The highest BCUT2D eigenvalue weighted by Crippen LogP contribution is 2.07. The Hall–Kier alpha value is -1.09. The minimum Gasteiger partial charge on any atom is -0.520 e. The molecule has 0 aromatic carbocycles. The molecule has 0 saturated heterocycles. The SMILES string of the molecule is CCCCCCCC/C=C/C/C=C/C/C=C/CC(=O)O[Si](C)(C)C. The van der Waals surface area contributed by atoms with E-state index < -0.39 is 8.32 Å². The maximum absolute atomic E-state index is 11.5. The van der Waals surface area contributed by atoms with Gasteiger partial charge in [-0.25, -0.2) is 0 Å². The summed E-state index contributed by atoms with van der Waals surface area (Å²) in [5.41, 5.74) is 0. The van der Waals surface area contributed by atoms with Crippen LogP contribution in [0.2, 0.25) is 19.6 Å². The van der Waals surface area contributed by atoms with Crippen LogP contribution in [0, 0.1) is 0 Å². The molecule has 3 heteroatoms. The molecule has 0 aliphatic carbocycles. The van der Waals surface area contributed by atoms with Crippen molar-refractivity contribution >= 4 is 14.3 Å². The standard InChI is InChI=1S/C21H38O2Si/c1-5-6-7-8-9-10-11-12-13-14-15-16-17-18-19-20-21(22)23-24(2,3)4/h12-13,15-16,18-19H,5-11,14,17,20H2,1-4H3/b13-12+,16-15+,19-18+. The van der Waals surface area contributed by atoms with Gasteiger partial charge in [0.05, 0.1) is 6.42 Å². The summed E-state index contributed by atoms with van der Waals surface area (Å²) in [4.78, 5) is 11.5. The Morgan fingerprint density at radius 3 is 1.96 bits per heavy atom. The molecule has 0 aliphatic heterocycles. The quantitative estimate of drug-likeness (QED) is 0.192. The van der Waals surface area contributed by atoms with Gasteiger partial charge in [-0.05, 0) is 45.3 Å². The van der Waals surface area contributed by atoms with Crippen molar-refractivity contribution in [1.29, 1.82) is 0 Å². The maximum atomic E-state index is 11.5. The minimum absolute atomic E-state index is 0.105. The van der Waals surface area contributed by atoms with Crippen molar-refractivity contribution < 1.29 is 9.22 Å². The number of allylic oxidation sites excluding steroid dienone is 5. The summed E-state index contributed by atoms with van der Waals surface area (Å²) < 4.78 is 5.38. The Morgan fingerprint density at radius 2 is 1.33 bits per heavy atom. The van der Waals surface area contributed by atoms with Gasteiger partial charge in [0.2, 0.25) is 8.32 Å². The molecular weight excluding hydrogens is 312 g/mol. The topological polar surface area (TPSA) is 26.3 Å². The van der Waals surface area contributed by atoms with Crippen LogP contribution in [0.1, 0.15) is 71.1 Å². The molecule has 2 nitrogen and oxygen atoms in total. The molecular formula is C21H38O2Si. The van der Waals surface area contributed by atoms with Crippen molar-refractivity contribution in [2.24, 2.45) is 0 Å². The molecule has 0 rings (SSSR count). The largest absolute Gasteiger partial charge is 0.520 e. The fourth-order valence-electron chi connectivity index (χ4n) is 2.27. The van der Waals surface area contributed by atoms with Gasteiger partial charge in [-0.3, -0.25) is 4.79 Å². The summed E-state index contributed by atoms with van der Waals surface area (Å²) in [6.45, 7) is 8.33. The molecule has 0 N–H and O–H groups in total. The molecule has 0 fully saturated rings. The predicted molar refractivity (Wildman–Crippen MR) is 109 cm³/mol. The second-order valence-electron chi connectivity index (χ2n) is 7.23. The van der Waals surface area contributed by atoms with Crippen molar-refractivity contribution in [3.8, 4) is 0 Å². The normalized spacial score (nSPS) is 12.7. The molecule has 0 radical (unpaired) electrons. The third kappa shape index (κ3) is 19.0. The molecule has 138 valence electrons. The molecule has 0 saturated carbocycles. The Labute approximate surface area is 151 Å². The Kier molecular flexibility index (Phi) is 14.7. The third-order valence-electron chi connectivity index (χ3n) is 3.47. The summed E-state index contributed by atoms with van der Waals surface area (Å²) >= 11 is 0. The zero-order chi connectivity index (χ0) is 18.1. The van der Waals surface area contributed by atoms with Crippen molar-refractivity contribution in [3.05, 3.63) is 36.5 Å². The summed E-state index contributed by atoms with van der Waals surface area (Å²) in [5, 5.41) is 0. The average Bonchev–Trinajstić information content (AvgIpc) is 2.49. The van der Waals surface area contributed by atoms with Crippen LogP contribution in [-0.2, 0) is 9.22 Å². The Bertz CT molecular complexity index is 389. The minimum atomic E-state index is -1.73. The van der Waals surface area contributed by atoms with Gasteiger partial charge in [0.25, 0.3) is 5.97 Å². The van der Waals surface area contributed by atoms with Crippen LogP contribution in [0.15, 0.2) is 36.5 Å². The third-order valence-corrected chi connectivity index (χ3v) is 4.31. The number of rotatable bonds is 14. The molecule has 0 aromatic heterocycles. The van der Waals surface area contributed by atoms with Gasteiger partial charge in [0.1, 0.15) is 0 Å². The first-order valence-electron chi connectivity index (χ1n) is 9.62. The maximum Gasteiger partial charge on any atom is 0.296 e. The van der Waals surface area contributed by atoms with E-state index in [0.29, 0.717) is 6.42 Å². The summed E-state index contributed by atoms with van der Waals surface area (Å²) in [6.07, 6.45) is 24.5. The number of unbranched alkanes of at least 4 members (excludes halogenated alkanes) is 6. The van der Waals surface area contributed by atoms with E-state index in [1.54, 1.807) is 0 Å². The molecule has 0 aliphatic rings. The lowest BCUT2D eigenvalue weighted by molar-refractivity contribution is -0.134. The van der Waals surface area contributed by atoms with Gasteiger partial charge < -0.3 is 4.43 Å². The lowest BCUT2D eigenvalue weighted by atomic mass is 10.1. The first-order chi connectivity index (χ1) is 11.5. The number of hydrogen-bond acceptors (Lipinski definition) is 2. The van der Waals surface area contributed by atoms with E-state index in [9.17, 15) is 4.79 Å². The molecule has 0 atom stereocenters. The van der Waals surface area contributed by atoms with Crippen LogP contribution in [0.4, 0.5) is 0 Å². The Morgan fingerprint density at radius 1 is 0.792 bits per heavy atom. The first-order valence-corrected chi connectivity index (χ1v) is 13.0. The fourth-order valence-corrected chi connectivity index (χ4v) is 3.03. The number of hydrogen-bond donors (Lipinski definition) is 0. The number of carbonyl (C=O) groups is 1. The summed E-state index contributed by atoms with van der Waals surface area (Å²) in [7, 11) is -1.73. The Balaban J connectivity index is 3.50. The number of carbonyl (C=O) groups excluding carboxylic acids is 1. The van der Waals surface area contributed by atoms with Crippen molar-refractivity contribution in [2.75, 3.05) is 0 Å². The smallest absolute Gasteiger partial charge is 0.296 e. The van der Waals surface area contributed by atoms with E-state index in [1.807, 2.05) is 31.8 Å². The molecule has 0 unspecified atom stereocenters.